The monoisotopic (exact) mass is 281 g/mol. The topological polar surface area (TPSA) is 95.7 Å². The van der Waals surface area contributed by atoms with Crippen molar-refractivity contribution in [2.24, 2.45) is 0 Å². The molecular formula is C13H16FN3O3. The van der Waals surface area contributed by atoms with E-state index in [9.17, 15) is 19.1 Å². The molecule has 20 heavy (non-hydrogen) atoms. The van der Waals surface area contributed by atoms with Crippen molar-refractivity contribution in [3.8, 4) is 0 Å². The van der Waals surface area contributed by atoms with E-state index in [1.807, 2.05) is 0 Å². The number of carboxylic acid groups (broad SMARTS) is 1. The van der Waals surface area contributed by atoms with Crippen molar-refractivity contribution in [3.05, 3.63) is 23.5 Å². The average molecular weight is 281 g/mol. The van der Waals surface area contributed by atoms with Gasteiger partial charge in [-0.2, -0.15) is 0 Å². The van der Waals surface area contributed by atoms with Gasteiger partial charge in [-0.1, -0.05) is 0 Å². The van der Waals surface area contributed by atoms with Crippen LogP contribution in [0.4, 0.5) is 15.8 Å². The molecule has 0 radical (unpaired) electrons. The van der Waals surface area contributed by atoms with E-state index in [4.69, 9.17) is 5.73 Å². The molecule has 1 amide bonds. The van der Waals surface area contributed by atoms with Gasteiger partial charge in [-0.05, 0) is 18.6 Å². The molecule has 1 aromatic carbocycles. The normalized spacial score (nSPS) is 18.1. The highest BCUT2D eigenvalue weighted by Crippen LogP contribution is 2.30. The van der Waals surface area contributed by atoms with Gasteiger partial charge in [-0.3, -0.25) is 4.79 Å². The van der Waals surface area contributed by atoms with Gasteiger partial charge in [-0.25, -0.2) is 9.18 Å². The molecule has 0 aliphatic carbocycles. The zero-order valence-corrected chi connectivity index (χ0v) is 11.0. The molecule has 1 aliphatic heterocycles. The molecule has 108 valence electrons. The van der Waals surface area contributed by atoms with Crippen LogP contribution in [0.15, 0.2) is 12.1 Å². The first kappa shape index (κ1) is 14.1. The first-order chi connectivity index (χ1) is 9.40. The van der Waals surface area contributed by atoms with Gasteiger partial charge in [0, 0.05) is 26.1 Å². The van der Waals surface area contributed by atoms with Crippen LogP contribution >= 0.6 is 0 Å². The van der Waals surface area contributed by atoms with Crippen molar-refractivity contribution in [1.29, 1.82) is 0 Å². The quantitative estimate of drug-likeness (QED) is 0.713. The number of carbonyl (C=O) groups is 2. The second-order valence-corrected chi connectivity index (χ2v) is 4.79. The molecule has 1 aromatic rings. The molecule has 0 spiro atoms. The van der Waals surface area contributed by atoms with Crippen LogP contribution in [-0.4, -0.2) is 36.1 Å². The summed E-state index contributed by atoms with van der Waals surface area (Å²) in [6.45, 7) is 2.49. The van der Waals surface area contributed by atoms with Crippen LogP contribution in [0.3, 0.4) is 0 Å². The molecule has 0 bridgehead atoms. The van der Waals surface area contributed by atoms with Crippen molar-refractivity contribution in [2.45, 2.75) is 19.4 Å². The summed E-state index contributed by atoms with van der Waals surface area (Å²) in [6, 6.07) is 2.52. The molecule has 4 N–H and O–H groups in total. The number of halogens is 1. The van der Waals surface area contributed by atoms with Crippen molar-refractivity contribution in [2.75, 3.05) is 23.7 Å². The van der Waals surface area contributed by atoms with E-state index in [-0.39, 0.29) is 23.2 Å². The Bertz CT molecular complexity index is 562. The maximum atomic E-state index is 13.4. The number of amides is 1. The van der Waals surface area contributed by atoms with Crippen LogP contribution in [0.2, 0.25) is 0 Å². The minimum Gasteiger partial charge on any atom is -0.478 e. The van der Waals surface area contributed by atoms with Gasteiger partial charge in [0.25, 0.3) is 0 Å². The predicted octanol–water partition coefficient (Wildman–Crippen LogP) is 0.821. The van der Waals surface area contributed by atoms with Crippen LogP contribution < -0.4 is 16.0 Å². The van der Waals surface area contributed by atoms with Crippen molar-refractivity contribution in [1.82, 2.24) is 5.32 Å². The molecule has 2 rings (SSSR count). The molecule has 0 saturated carbocycles. The number of carboxylic acids is 1. The Morgan fingerprint density at radius 1 is 1.50 bits per heavy atom. The number of anilines is 2. The highest BCUT2D eigenvalue weighted by atomic mass is 19.1. The van der Waals surface area contributed by atoms with E-state index >= 15 is 0 Å². The van der Waals surface area contributed by atoms with Crippen LogP contribution in [0.1, 0.15) is 23.7 Å². The van der Waals surface area contributed by atoms with Crippen molar-refractivity contribution < 1.29 is 19.1 Å². The average Bonchev–Trinajstić information content (AvgIpc) is 2.79. The fourth-order valence-electron chi connectivity index (χ4n) is 2.46. The smallest absolute Gasteiger partial charge is 0.340 e. The first-order valence-corrected chi connectivity index (χ1v) is 6.23. The fourth-order valence-corrected chi connectivity index (χ4v) is 2.46. The number of nitrogens with two attached hydrogens (primary N) is 1. The maximum Gasteiger partial charge on any atom is 0.340 e. The summed E-state index contributed by atoms with van der Waals surface area (Å²) in [5.74, 6) is -2.14. The van der Waals surface area contributed by atoms with Gasteiger partial charge in [0.15, 0.2) is 0 Å². The number of carbonyl (C=O) groups excluding carboxylic acids is 1. The number of nitrogens with zero attached hydrogens (tertiary/aromatic N) is 1. The molecule has 1 saturated heterocycles. The van der Waals surface area contributed by atoms with Crippen molar-refractivity contribution >= 4 is 23.3 Å². The minimum absolute atomic E-state index is 0.0413. The molecule has 1 fully saturated rings. The van der Waals surface area contributed by atoms with Crippen LogP contribution in [0, 0.1) is 5.82 Å². The lowest BCUT2D eigenvalue weighted by atomic mass is 10.1. The van der Waals surface area contributed by atoms with E-state index in [1.54, 1.807) is 4.90 Å². The molecule has 1 heterocycles. The van der Waals surface area contributed by atoms with E-state index in [1.165, 1.54) is 13.0 Å². The summed E-state index contributed by atoms with van der Waals surface area (Å²) in [7, 11) is 0. The summed E-state index contributed by atoms with van der Waals surface area (Å²) >= 11 is 0. The molecule has 1 aliphatic rings. The largest absolute Gasteiger partial charge is 0.478 e. The van der Waals surface area contributed by atoms with Crippen LogP contribution in [0.25, 0.3) is 0 Å². The zero-order valence-electron chi connectivity index (χ0n) is 11.0. The molecule has 7 heteroatoms. The van der Waals surface area contributed by atoms with Crippen LogP contribution in [0.5, 0.6) is 0 Å². The Morgan fingerprint density at radius 3 is 2.80 bits per heavy atom. The SMILES string of the molecule is CC(=O)NC1CCN(c2ccc(F)c(N)c2C(=O)O)C1. The van der Waals surface area contributed by atoms with Crippen LogP contribution in [-0.2, 0) is 4.79 Å². The molecule has 1 atom stereocenters. The predicted molar refractivity (Wildman–Crippen MR) is 72.2 cm³/mol. The van der Waals surface area contributed by atoms with E-state index in [0.717, 1.165) is 6.07 Å². The standard InChI is InChI=1S/C13H16FN3O3/c1-7(18)16-8-4-5-17(6-8)10-3-2-9(14)12(15)11(10)13(19)20/h2-3,8H,4-6,15H2,1H3,(H,16,18)(H,19,20). The van der Waals surface area contributed by atoms with E-state index < -0.39 is 11.8 Å². The number of aromatic carboxylic acids is 1. The number of rotatable bonds is 3. The molecule has 6 nitrogen and oxygen atoms in total. The maximum absolute atomic E-state index is 13.4. The summed E-state index contributed by atoms with van der Waals surface area (Å²) in [4.78, 5) is 24.1. The van der Waals surface area contributed by atoms with E-state index in [0.29, 0.717) is 25.2 Å². The number of hydrogen-bond donors (Lipinski definition) is 3. The fraction of sp³-hybridized carbons (Fsp3) is 0.385. The highest BCUT2D eigenvalue weighted by molar-refractivity contribution is 6.00. The third-order valence-corrected chi connectivity index (χ3v) is 3.32. The highest BCUT2D eigenvalue weighted by Gasteiger charge is 2.28. The summed E-state index contributed by atoms with van der Waals surface area (Å²) in [5.41, 5.74) is 5.30. The molecular weight excluding hydrogens is 265 g/mol. The third kappa shape index (κ3) is 2.66. The Hall–Kier alpha value is -2.31. The Morgan fingerprint density at radius 2 is 2.20 bits per heavy atom. The van der Waals surface area contributed by atoms with Gasteiger partial charge in [0.05, 0.1) is 11.4 Å². The van der Waals surface area contributed by atoms with E-state index in [2.05, 4.69) is 5.32 Å². The van der Waals surface area contributed by atoms with Gasteiger partial charge >= 0.3 is 5.97 Å². The summed E-state index contributed by atoms with van der Waals surface area (Å²) in [6.07, 6.45) is 0.704. The zero-order chi connectivity index (χ0) is 14.9. The van der Waals surface area contributed by atoms with Gasteiger partial charge in [-0.15, -0.1) is 0 Å². The number of benzene rings is 1. The molecule has 1 unspecified atom stereocenters. The van der Waals surface area contributed by atoms with Gasteiger partial charge in [0.1, 0.15) is 11.4 Å². The second kappa shape index (κ2) is 5.36. The lowest BCUT2D eigenvalue weighted by molar-refractivity contribution is -0.119. The summed E-state index contributed by atoms with van der Waals surface area (Å²) < 4.78 is 13.4. The van der Waals surface area contributed by atoms with Crippen molar-refractivity contribution in [3.63, 3.8) is 0 Å². The third-order valence-electron chi connectivity index (χ3n) is 3.32. The Kier molecular flexibility index (Phi) is 3.78. The lowest BCUT2D eigenvalue weighted by Gasteiger charge is -2.22. The second-order valence-electron chi connectivity index (χ2n) is 4.79. The molecule has 0 aromatic heterocycles. The number of nitrogens with one attached hydrogen (secondary N) is 1. The summed E-state index contributed by atoms with van der Waals surface area (Å²) in [5, 5.41) is 12.0. The number of nitrogen functional groups attached to an aromatic ring is 1. The first-order valence-electron chi connectivity index (χ1n) is 6.23. The Balaban J connectivity index is 2.28. The van der Waals surface area contributed by atoms with Gasteiger partial charge in [0.2, 0.25) is 5.91 Å². The lowest BCUT2D eigenvalue weighted by Crippen LogP contribution is -2.35. The number of hydrogen-bond acceptors (Lipinski definition) is 4. The van der Waals surface area contributed by atoms with Gasteiger partial charge < -0.3 is 21.1 Å². The minimum atomic E-state index is -1.26. The Labute approximate surface area is 115 Å².